The molecule has 1 aromatic rings. The van der Waals surface area contributed by atoms with Crippen molar-refractivity contribution < 1.29 is 33.3 Å². The molecule has 0 saturated carbocycles. The Morgan fingerprint density at radius 3 is 2.39 bits per heavy atom. The fourth-order valence-corrected chi connectivity index (χ4v) is 6.83. The smallest absolute Gasteiger partial charge is 0.316 e. The van der Waals surface area contributed by atoms with E-state index in [1.54, 1.807) is 43.2 Å². The summed E-state index contributed by atoms with van der Waals surface area (Å²) >= 11 is 0. The van der Waals surface area contributed by atoms with E-state index in [1.165, 1.54) is 0 Å². The molecule has 3 heterocycles. The van der Waals surface area contributed by atoms with Crippen LogP contribution in [0.15, 0.2) is 30.4 Å². The molecular weight excluding hydrogens is 562 g/mol. The lowest BCUT2D eigenvalue weighted by Gasteiger charge is -2.41. The van der Waals surface area contributed by atoms with Gasteiger partial charge in [-0.05, 0) is 85.5 Å². The van der Waals surface area contributed by atoms with E-state index in [0.717, 1.165) is 6.42 Å². The molecule has 1 aromatic heterocycles. The van der Waals surface area contributed by atoms with Crippen LogP contribution in [0.25, 0.3) is 0 Å². The highest BCUT2D eigenvalue weighted by molar-refractivity contribution is 6.00. The highest BCUT2D eigenvalue weighted by Gasteiger charge is 2.43. The number of nitrogens with zero attached hydrogens (tertiary/aromatic N) is 3. The molecule has 1 saturated heterocycles. The van der Waals surface area contributed by atoms with Gasteiger partial charge in [-0.1, -0.05) is 27.7 Å². The number of ether oxygens (including phenoxy) is 4. The molecule has 1 fully saturated rings. The molecule has 0 bridgehead atoms. The third kappa shape index (κ3) is 8.65. The SMILES string of the molecule is CC[C@H]1OC(=O)[C@H](C)C(=O)[C@H](C)[C@@H](O[C@H]2C[C@@H](N(C)C)C[C@@H](C)O2)[C@@H](C)C[C@@H](C)C(=O)/C(C)=C/[C@]1(C)OC(C)n1ccnc1. The Labute approximate surface area is 263 Å². The van der Waals surface area contributed by atoms with Crippen LogP contribution in [-0.4, -0.2) is 82.3 Å². The maximum atomic E-state index is 13.9. The zero-order valence-electron chi connectivity index (χ0n) is 28.6. The van der Waals surface area contributed by atoms with Gasteiger partial charge in [-0.2, -0.15) is 0 Å². The molecule has 2 aliphatic rings. The van der Waals surface area contributed by atoms with Crippen LogP contribution in [0.3, 0.4) is 0 Å². The second-order valence-corrected chi connectivity index (χ2v) is 13.5. The lowest BCUT2D eigenvalue weighted by Crippen LogP contribution is -2.48. The highest BCUT2D eigenvalue weighted by atomic mass is 16.7. The predicted octanol–water partition coefficient (Wildman–Crippen LogP) is 5.37. The van der Waals surface area contributed by atoms with Gasteiger partial charge in [0.15, 0.2) is 17.9 Å². The molecule has 248 valence electrons. The number of imidazole rings is 1. The van der Waals surface area contributed by atoms with Crippen molar-refractivity contribution in [1.29, 1.82) is 0 Å². The van der Waals surface area contributed by atoms with E-state index in [2.05, 4.69) is 9.88 Å². The van der Waals surface area contributed by atoms with Crippen LogP contribution >= 0.6 is 0 Å². The first-order valence-electron chi connectivity index (χ1n) is 16.2. The number of carbonyl (C=O) groups is 3. The number of hydrogen-bond donors (Lipinski definition) is 0. The molecule has 0 amide bonds. The minimum Gasteiger partial charge on any atom is -0.458 e. The molecule has 0 aromatic carbocycles. The van der Waals surface area contributed by atoms with E-state index in [0.29, 0.717) is 24.8 Å². The minimum absolute atomic E-state index is 0.00200. The zero-order chi connectivity index (χ0) is 32.9. The third-order valence-electron chi connectivity index (χ3n) is 9.48. The van der Waals surface area contributed by atoms with Crippen LogP contribution < -0.4 is 0 Å². The lowest BCUT2D eigenvalue weighted by atomic mass is 9.80. The van der Waals surface area contributed by atoms with Gasteiger partial charge in [0.25, 0.3) is 0 Å². The number of hydrogen-bond acceptors (Lipinski definition) is 9. The Bertz CT molecular complexity index is 1150. The summed E-state index contributed by atoms with van der Waals surface area (Å²) in [4.78, 5) is 47.5. The molecule has 0 aliphatic carbocycles. The summed E-state index contributed by atoms with van der Waals surface area (Å²) in [7, 11) is 4.09. The first-order valence-corrected chi connectivity index (χ1v) is 16.2. The summed E-state index contributed by atoms with van der Waals surface area (Å²) in [6, 6.07) is 0.282. The topological polar surface area (TPSA) is 109 Å². The normalized spacial score (nSPS) is 38.5. The maximum Gasteiger partial charge on any atom is 0.316 e. The second-order valence-electron chi connectivity index (χ2n) is 13.5. The van der Waals surface area contributed by atoms with Crippen molar-refractivity contribution in [2.24, 2.45) is 23.7 Å². The molecule has 1 unspecified atom stereocenters. The van der Waals surface area contributed by atoms with Crippen LogP contribution in [0.1, 0.15) is 94.2 Å². The van der Waals surface area contributed by atoms with Gasteiger partial charge in [0.2, 0.25) is 0 Å². The number of allylic oxidation sites excluding steroid dienone is 1. The molecule has 44 heavy (non-hydrogen) atoms. The van der Waals surface area contributed by atoms with Gasteiger partial charge in [0.1, 0.15) is 23.9 Å². The Balaban J connectivity index is 1.98. The Morgan fingerprint density at radius 2 is 1.80 bits per heavy atom. The molecule has 0 spiro atoms. The molecule has 0 N–H and O–H groups in total. The Hall–Kier alpha value is -2.40. The number of Topliss-reactive ketones (excluding diaryl/α,β-unsaturated/α-hetero) is 2. The van der Waals surface area contributed by atoms with Crippen LogP contribution in [0.4, 0.5) is 0 Å². The van der Waals surface area contributed by atoms with Crippen LogP contribution in [0.5, 0.6) is 0 Å². The molecule has 11 atom stereocenters. The molecule has 2 aliphatic heterocycles. The average molecular weight is 618 g/mol. The third-order valence-corrected chi connectivity index (χ3v) is 9.48. The van der Waals surface area contributed by atoms with Gasteiger partial charge in [0.05, 0.1) is 18.5 Å². The zero-order valence-corrected chi connectivity index (χ0v) is 28.6. The number of ketones is 2. The summed E-state index contributed by atoms with van der Waals surface area (Å²) < 4.78 is 27.2. The van der Waals surface area contributed by atoms with E-state index in [4.69, 9.17) is 18.9 Å². The number of aromatic nitrogens is 2. The van der Waals surface area contributed by atoms with Crippen molar-refractivity contribution in [3.05, 3.63) is 30.4 Å². The van der Waals surface area contributed by atoms with Crippen molar-refractivity contribution in [2.75, 3.05) is 14.1 Å². The van der Waals surface area contributed by atoms with Gasteiger partial charge in [-0.3, -0.25) is 14.4 Å². The fourth-order valence-electron chi connectivity index (χ4n) is 6.83. The highest BCUT2D eigenvalue weighted by Crippen LogP contribution is 2.35. The average Bonchev–Trinajstić information content (AvgIpc) is 3.51. The standard InChI is InChI=1S/C34H55N3O7/c1-12-28-34(9,44-26(8)37-14-13-35-19-37)18-22(4)30(38)20(2)15-21(3)32(24(6)31(39)25(7)33(40)42-28)43-29-17-27(36(10)11)16-23(5)41-29/h13-14,18-21,23-29,32H,12,15-17H2,1-11H3/b22-18+/t20-,21+,23-,24+,25-,26?,27+,28-,29+,32+,34+/m1/s1. The summed E-state index contributed by atoms with van der Waals surface area (Å²) in [6.07, 6.45) is 7.10. The van der Waals surface area contributed by atoms with E-state index < -0.39 is 48.1 Å². The van der Waals surface area contributed by atoms with E-state index in [9.17, 15) is 14.4 Å². The summed E-state index contributed by atoms with van der Waals surface area (Å²) in [5, 5.41) is 0. The number of rotatable bonds is 7. The van der Waals surface area contributed by atoms with Gasteiger partial charge in [0, 0.05) is 36.7 Å². The Kier molecular flexibility index (Phi) is 12.5. The van der Waals surface area contributed by atoms with Crippen LogP contribution in [0, 0.1) is 23.7 Å². The second kappa shape index (κ2) is 15.3. The minimum atomic E-state index is -1.15. The van der Waals surface area contributed by atoms with Gasteiger partial charge in [-0.25, -0.2) is 4.98 Å². The summed E-state index contributed by atoms with van der Waals surface area (Å²) in [5.74, 6) is -3.05. The van der Waals surface area contributed by atoms with Gasteiger partial charge in [-0.15, -0.1) is 0 Å². The summed E-state index contributed by atoms with van der Waals surface area (Å²) in [6.45, 7) is 16.7. The quantitative estimate of drug-likeness (QED) is 0.295. The molecule has 10 heteroatoms. The Morgan fingerprint density at radius 1 is 1.11 bits per heavy atom. The van der Waals surface area contributed by atoms with E-state index in [-0.39, 0.29) is 35.5 Å². The summed E-state index contributed by atoms with van der Waals surface area (Å²) in [5.41, 5.74) is -0.620. The van der Waals surface area contributed by atoms with Crippen molar-refractivity contribution in [3.8, 4) is 0 Å². The first kappa shape index (κ1) is 36.1. The maximum absolute atomic E-state index is 13.9. The number of carbonyl (C=O) groups excluding carboxylic acids is 3. The van der Waals surface area contributed by atoms with E-state index in [1.807, 2.05) is 62.6 Å². The lowest BCUT2D eigenvalue weighted by molar-refractivity contribution is -0.236. The van der Waals surface area contributed by atoms with Crippen LogP contribution in [0.2, 0.25) is 0 Å². The fraction of sp³-hybridized carbons (Fsp3) is 0.765. The number of cyclic esters (lactones) is 1. The van der Waals surface area contributed by atoms with Crippen molar-refractivity contribution in [2.45, 2.75) is 130 Å². The first-order chi connectivity index (χ1) is 20.6. The molecule has 3 rings (SSSR count). The monoisotopic (exact) mass is 617 g/mol. The molecule has 10 nitrogen and oxygen atoms in total. The van der Waals surface area contributed by atoms with Crippen LogP contribution in [-0.2, 0) is 33.3 Å². The van der Waals surface area contributed by atoms with Gasteiger partial charge >= 0.3 is 5.97 Å². The number of esters is 1. The molecule has 0 radical (unpaired) electrons. The van der Waals surface area contributed by atoms with Crippen molar-refractivity contribution >= 4 is 17.5 Å². The largest absolute Gasteiger partial charge is 0.458 e. The van der Waals surface area contributed by atoms with E-state index >= 15 is 0 Å². The van der Waals surface area contributed by atoms with Crippen molar-refractivity contribution in [3.63, 3.8) is 0 Å². The van der Waals surface area contributed by atoms with Crippen molar-refractivity contribution in [1.82, 2.24) is 14.5 Å². The molecular formula is C34H55N3O7. The van der Waals surface area contributed by atoms with Gasteiger partial charge < -0.3 is 28.4 Å². The predicted molar refractivity (Wildman–Crippen MR) is 168 cm³/mol.